The smallest absolute Gasteiger partial charge is 0.338 e. The van der Waals surface area contributed by atoms with E-state index < -0.39 is 54.8 Å². The summed E-state index contributed by atoms with van der Waals surface area (Å²) >= 11 is 0. The van der Waals surface area contributed by atoms with Gasteiger partial charge in [-0.25, -0.2) is 4.79 Å². The molecule has 12 nitrogen and oxygen atoms in total. The first-order valence-corrected chi connectivity index (χ1v) is 12.0. The minimum atomic E-state index is -1.84. The van der Waals surface area contributed by atoms with Crippen LogP contribution in [0.4, 0.5) is 0 Å². The van der Waals surface area contributed by atoms with Gasteiger partial charge < -0.3 is 54.3 Å². The second-order valence-electron chi connectivity index (χ2n) is 9.41. The van der Waals surface area contributed by atoms with Crippen molar-refractivity contribution in [2.75, 3.05) is 27.4 Å². The Kier molecular flexibility index (Phi) is 8.31. The summed E-state index contributed by atoms with van der Waals surface area (Å²) in [4.78, 5) is 12.6. The minimum Gasteiger partial charge on any atom is -0.504 e. The van der Waals surface area contributed by atoms with Gasteiger partial charge in [-0.05, 0) is 41.8 Å². The van der Waals surface area contributed by atoms with Gasteiger partial charge in [0.25, 0.3) is 0 Å². The highest BCUT2D eigenvalue weighted by atomic mass is 16.7. The average Bonchev–Trinajstić information content (AvgIpc) is 3.18. The fourth-order valence-corrected chi connectivity index (χ4v) is 4.70. The molecule has 0 bridgehead atoms. The van der Waals surface area contributed by atoms with Gasteiger partial charge >= 0.3 is 5.97 Å². The molecule has 6 N–H and O–H groups in total. The highest BCUT2D eigenvalue weighted by Gasteiger charge is 2.51. The number of cyclic esters (lactones) is 1. The zero-order chi connectivity index (χ0) is 27.6. The van der Waals surface area contributed by atoms with Gasteiger partial charge in [0.1, 0.15) is 24.4 Å². The van der Waals surface area contributed by atoms with Crippen LogP contribution < -0.4 is 14.2 Å². The lowest BCUT2D eigenvalue weighted by Crippen LogP contribution is -2.60. The van der Waals surface area contributed by atoms with Crippen LogP contribution in [-0.2, 0) is 27.1 Å². The van der Waals surface area contributed by atoms with Crippen LogP contribution in [0.3, 0.4) is 0 Å². The molecule has 2 aromatic rings. The Morgan fingerprint density at radius 2 is 1.63 bits per heavy atom. The van der Waals surface area contributed by atoms with Gasteiger partial charge in [-0.2, -0.15) is 0 Å². The van der Waals surface area contributed by atoms with Crippen LogP contribution in [-0.4, -0.2) is 100 Å². The standard InChI is InChI=1S/C26H32O12/c1-34-18-8-13(3-5-16(18)28)7-15-12-36-25(32)26(15,33)10-14-4-6-17(19(9-14)35-2)37-24-23(31)22(30)21(29)20(11-27)38-24/h3-6,8-9,15,20-24,27-31,33H,7,10-12H2,1-2H3/t15-,20-,21+,22-,23-,24+,26-/m0/s1. The monoisotopic (exact) mass is 536 g/mol. The summed E-state index contributed by atoms with van der Waals surface area (Å²) in [6.07, 6.45) is -7.10. The van der Waals surface area contributed by atoms with Crippen molar-refractivity contribution in [3.8, 4) is 23.0 Å². The molecule has 2 aliphatic rings. The van der Waals surface area contributed by atoms with E-state index in [9.17, 15) is 35.4 Å². The van der Waals surface area contributed by atoms with Crippen molar-refractivity contribution in [1.82, 2.24) is 0 Å². The van der Waals surface area contributed by atoms with Crippen molar-refractivity contribution in [3.63, 3.8) is 0 Å². The molecule has 0 aromatic heterocycles. The molecule has 2 heterocycles. The zero-order valence-electron chi connectivity index (χ0n) is 20.9. The number of aromatic hydroxyl groups is 1. The Bertz CT molecular complexity index is 1140. The first-order valence-electron chi connectivity index (χ1n) is 12.0. The normalized spacial score (nSPS) is 31.1. The first kappa shape index (κ1) is 27.9. The number of carbonyl (C=O) groups excluding carboxylic acids is 1. The number of aliphatic hydroxyl groups is 5. The van der Waals surface area contributed by atoms with E-state index in [0.717, 1.165) is 5.56 Å². The SMILES string of the molecule is COc1cc(C[C@H]2COC(=O)[C@]2(O)Cc2ccc(O[C@@H]3O[C@@H](CO)[C@@H](O)[C@H](O)[C@@H]3O)c(OC)c2)ccc1O. The van der Waals surface area contributed by atoms with Gasteiger partial charge in [-0.15, -0.1) is 0 Å². The molecule has 2 aromatic carbocycles. The van der Waals surface area contributed by atoms with Crippen LogP contribution in [0.5, 0.6) is 23.0 Å². The fourth-order valence-electron chi connectivity index (χ4n) is 4.70. The molecule has 7 atom stereocenters. The van der Waals surface area contributed by atoms with Crippen molar-refractivity contribution < 1.29 is 59.1 Å². The molecule has 0 amide bonds. The van der Waals surface area contributed by atoms with E-state index in [2.05, 4.69) is 0 Å². The maximum absolute atomic E-state index is 12.6. The lowest BCUT2D eigenvalue weighted by molar-refractivity contribution is -0.277. The van der Waals surface area contributed by atoms with E-state index in [-0.39, 0.29) is 42.4 Å². The summed E-state index contributed by atoms with van der Waals surface area (Å²) in [5, 5.41) is 60.9. The molecular formula is C26H32O12. The molecule has 0 saturated carbocycles. The van der Waals surface area contributed by atoms with E-state index in [4.69, 9.17) is 23.7 Å². The Labute approximate surface area is 218 Å². The predicted octanol–water partition coefficient (Wildman–Crippen LogP) is -0.723. The van der Waals surface area contributed by atoms with Crippen LogP contribution in [0.2, 0.25) is 0 Å². The molecule has 2 fully saturated rings. The van der Waals surface area contributed by atoms with Crippen molar-refractivity contribution >= 4 is 5.97 Å². The summed E-state index contributed by atoms with van der Waals surface area (Å²) in [6, 6.07) is 9.40. The lowest BCUT2D eigenvalue weighted by Gasteiger charge is -2.39. The number of carbonyl (C=O) groups is 1. The Balaban J connectivity index is 1.52. The number of methoxy groups -OCH3 is 2. The van der Waals surface area contributed by atoms with Gasteiger partial charge in [0.15, 0.2) is 28.6 Å². The number of benzene rings is 2. The van der Waals surface area contributed by atoms with E-state index in [1.807, 2.05) is 0 Å². The molecule has 0 radical (unpaired) electrons. The number of phenolic OH excluding ortho intramolecular Hbond substituents is 1. The molecule has 38 heavy (non-hydrogen) atoms. The molecule has 12 heteroatoms. The third kappa shape index (κ3) is 5.37. The van der Waals surface area contributed by atoms with Gasteiger partial charge in [0.05, 0.1) is 27.4 Å². The number of ether oxygens (including phenoxy) is 5. The lowest BCUT2D eigenvalue weighted by atomic mass is 9.81. The van der Waals surface area contributed by atoms with Crippen LogP contribution in [0.25, 0.3) is 0 Å². The summed E-state index contributed by atoms with van der Waals surface area (Å²) in [6.45, 7) is -0.596. The quantitative estimate of drug-likeness (QED) is 0.221. The van der Waals surface area contributed by atoms with E-state index >= 15 is 0 Å². The molecular weight excluding hydrogens is 504 g/mol. The molecule has 4 rings (SSSR count). The Morgan fingerprint density at radius 3 is 2.32 bits per heavy atom. The Morgan fingerprint density at radius 1 is 0.947 bits per heavy atom. The van der Waals surface area contributed by atoms with Gasteiger partial charge in [-0.3, -0.25) is 0 Å². The minimum absolute atomic E-state index is 0.00790. The zero-order valence-corrected chi connectivity index (χ0v) is 20.9. The van der Waals surface area contributed by atoms with Gasteiger partial charge in [0, 0.05) is 12.3 Å². The van der Waals surface area contributed by atoms with Crippen molar-refractivity contribution in [2.24, 2.45) is 5.92 Å². The second kappa shape index (κ2) is 11.3. The first-order chi connectivity index (χ1) is 18.1. The summed E-state index contributed by atoms with van der Waals surface area (Å²) in [7, 11) is 2.80. The maximum Gasteiger partial charge on any atom is 0.338 e. The van der Waals surface area contributed by atoms with Crippen LogP contribution >= 0.6 is 0 Å². The second-order valence-corrected chi connectivity index (χ2v) is 9.41. The molecule has 208 valence electrons. The van der Waals surface area contributed by atoms with Gasteiger partial charge in [-0.1, -0.05) is 12.1 Å². The maximum atomic E-state index is 12.6. The van der Waals surface area contributed by atoms with E-state index in [1.54, 1.807) is 24.3 Å². The van der Waals surface area contributed by atoms with Crippen LogP contribution in [0.1, 0.15) is 11.1 Å². The molecule has 0 spiro atoms. The summed E-state index contributed by atoms with van der Waals surface area (Å²) < 4.78 is 26.8. The van der Waals surface area contributed by atoms with E-state index in [1.165, 1.54) is 26.4 Å². The molecule has 0 unspecified atom stereocenters. The predicted molar refractivity (Wildman–Crippen MR) is 129 cm³/mol. The number of hydrogen-bond acceptors (Lipinski definition) is 12. The summed E-state index contributed by atoms with van der Waals surface area (Å²) in [5.41, 5.74) is -0.574. The van der Waals surface area contributed by atoms with E-state index in [0.29, 0.717) is 5.56 Å². The van der Waals surface area contributed by atoms with Crippen LogP contribution in [0.15, 0.2) is 36.4 Å². The molecule has 2 saturated heterocycles. The highest BCUT2D eigenvalue weighted by molar-refractivity contribution is 5.82. The molecule has 0 aliphatic carbocycles. The summed E-state index contributed by atoms with van der Waals surface area (Å²) in [5.74, 6) is -0.780. The largest absolute Gasteiger partial charge is 0.504 e. The van der Waals surface area contributed by atoms with Gasteiger partial charge in [0.2, 0.25) is 6.29 Å². The fraction of sp³-hybridized carbons (Fsp3) is 0.500. The Hall–Kier alpha value is -3.13. The number of rotatable bonds is 9. The topological polar surface area (TPSA) is 185 Å². The van der Waals surface area contributed by atoms with Crippen LogP contribution in [0, 0.1) is 5.92 Å². The number of phenols is 1. The number of aliphatic hydroxyl groups excluding tert-OH is 4. The van der Waals surface area contributed by atoms with Crippen molar-refractivity contribution in [3.05, 3.63) is 47.5 Å². The number of esters is 1. The van der Waals surface area contributed by atoms with Crippen molar-refractivity contribution in [1.29, 1.82) is 0 Å². The number of hydrogen-bond donors (Lipinski definition) is 6. The average molecular weight is 537 g/mol. The van der Waals surface area contributed by atoms with Crippen molar-refractivity contribution in [2.45, 2.75) is 49.1 Å². The highest BCUT2D eigenvalue weighted by Crippen LogP contribution is 2.38. The molecule has 2 aliphatic heterocycles. The third-order valence-electron chi connectivity index (χ3n) is 6.96. The third-order valence-corrected chi connectivity index (χ3v) is 6.96.